The minimum absolute atomic E-state index is 0.225. The summed E-state index contributed by atoms with van der Waals surface area (Å²) < 4.78 is 3.19. The molecular weight excluding hydrogens is 494 g/mol. The standard InChI is InChI=1S/C28H39N9O2/c1-8-10-24(32-36(19-38)28(4,5)6)37-25-22(26(39)35(37)9-2)18-29-27(31-25)30-21-11-12-23(20(3)17-21)34-15-13-33(7)14-16-34/h8,10-12,17-19H,9,13-16H2,1-7H3,(H,29,30,31)/b10-8-,32-24+. The number of amides is 1. The largest absolute Gasteiger partial charge is 0.369 e. The third-order valence-electron chi connectivity index (χ3n) is 6.80. The van der Waals surface area contributed by atoms with E-state index in [4.69, 9.17) is 4.98 Å². The molecule has 11 heteroatoms. The van der Waals surface area contributed by atoms with Crippen molar-refractivity contribution < 1.29 is 4.79 Å². The van der Waals surface area contributed by atoms with E-state index >= 15 is 0 Å². The number of fused-ring (bicyclic) bond motifs is 1. The number of carbonyl (C=O) groups excluding carboxylic acids is 1. The van der Waals surface area contributed by atoms with Gasteiger partial charge in [-0.3, -0.25) is 9.59 Å². The molecule has 39 heavy (non-hydrogen) atoms. The van der Waals surface area contributed by atoms with Gasteiger partial charge in [0.25, 0.3) is 5.56 Å². The molecule has 1 aliphatic rings. The lowest BCUT2D eigenvalue weighted by molar-refractivity contribution is -0.122. The second-order valence-corrected chi connectivity index (χ2v) is 10.8. The molecule has 4 rings (SSSR count). The molecule has 0 radical (unpaired) electrons. The number of carbonyl (C=O) groups is 1. The average Bonchev–Trinajstić information content (AvgIpc) is 3.17. The number of benzene rings is 1. The van der Waals surface area contributed by atoms with Gasteiger partial charge in [0.15, 0.2) is 11.5 Å². The molecule has 208 valence electrons. The average molecular weight is 534 g/mol. The van der Waals surface area contributed by atoms with Gasteiger partial charge >= 0.3 is 0 Å². The lowest BCUT2D eigenvalue weighted by Crippen LogP contribution is -2.44. The molecular formula is C28H39N9O2. The first kappa shape index (κ1) is 28.0. The maximum absolute atomic E-state index is 13.2. The first-order valence-electron chi connectivity index (χ1n) is 13.3. The predicted octanol–water partition coefficient (Wildman–Crippen LogP) is 3.41. The van der Waals surface area contributed by atoms with Crippen molar-refractivity contribution in [2.24, 2.45) is 5.10 Å². The number of aryl methyl sites for hydroxylation is 1. The number of hydrogen-bond donors (Lipinski definition) is 1. The zero-order valence-electron chi connectivity index (χ0n) is 24.0. The van der Waals surface area contributed by atoms with Crippen molar-refractivity contribution in [3.8, 4) is 0 Å². The normalized spacial score (nSPS) is 15.4. The minimum Gasteiger partial charge on any atom is -0.369 e. The number of likely N-dealkylation sites (N-methyl/N-ethyl adjacent to an activating group) is 1. The predicted molar refractivity (Wildman–Crippen MR) is 157 cm³/mol. The summed E-state index contributed by atoms with van der Waals surface area (Å²) >= 11 is 0. The maximum Gasteiger partial charge on any atom is 0.278 e. The fourth-order valence-corrected chi connectivity index (χ4v) is 4.61. The van der Waals surface area contributed by atoms with Crippen LogP contribution in [0.4, 0.5) is 17.3 Å². The lowest BCUT2D eigenvalue weighted by atomic mass is 10.1. The quantitative estimate of drug-likeness (QED) is 0.215. The van der Waals surface area contributed by atoms with Crippen molar-refractivity contribution in [1.29, 1.82) is 0 Å². The molecule has 0 bridgehead atoms. The molecule has 1 N–H and O–H groups in total. The van der Waals surface area contributed by atoms with E-state index in [-0.39, 0.29) is 5.56 Å². The third-order valence-corrected chi connectivity index (χ3v) is 6.80. The maximum atomic E-state index is 13.2. The number of aromatic nitrogens is 4. The molecule has 1 aromatic carbocycles. The van der Waals surface area contributed by atoms with Crippen LogP contribution in [0.5, 0.6) is 0 Å². The Balaban J connectivity index is 1.74. The second kappa shape index (κ2) is 11.4. The zero-order valence-corrected chi connectivity index (χ0v) is 24.0. The third kappa shape index (κ3) is 5.88. The van der Waals surface area contributed by atoms with Crippen LogP contribution in [0, 0.1) is 6.92 Å². The van der Waals surface area contributed by atoms with E-state index in [2.05, 4.69) is 51.3 Å². The smallest absolute Gasteiger partial charge is 0.278 e. The van der Waals surface area contributed by atoms with E-state index in [1.54, 1.807) is 15.4 Å². The van der Waals surface area contributed by atoms with E-state index in [0.29, 0.717) is 35.8 Å². The molecule has 0 saturated carbocycles. The van der Waals surface area contributed by atoms with Gasteiger partial charge in [0.05, 0.1) is 5.54 Å². The molecule has 1 aliphatic heterocycles. The van der Waals surface area contributed by atoms with Gasteiger partial charge in [-0.15, -0.1) is 5.10 Å². The van der Waals surface area contributed by atoms with E-state index in [9.17, 15) is 9.59 Å². The summed E-state index contributed by atoms with van der Waals surface area (Å²) in [5, 5.41) is 9.60. The van der Waals surface area contributed by atoms with Crippen molar-refractivity contribution in [2.45, 2.75) is 53.6 Å². The van der Waals surface area contributed by atoms with Crippen molar-refractivity contribution in [1.82, 2.24) is 29.2 Å². The molecule has 2 aromatic heterocycles. The van der Waals surface area contributed by atoms with Gasteiger partial charge in [0.1, 0.15) is 5.39 Å². The number of hydrazone groups is 1. The Morgan fingerprint density at radius 1 is 1.21 bits per heavy atom. The fraction of sp³-hybridized carbons (Fsp3) is 0.464. The Bertz CT molecular complexity index is 1450. The van der Waals surface area contributed by atoms with Crippen LogP contribution in [-0.2, 0) is 11.3 Å². The molecule has 11 nitrogen and oxygen atoms in total. The van der Waals surface area contributed by atoms with Crippen molar-refractivity contribution in [3.63, 3.8) is 0 Å². The Labute approximate surface area is 229 Å². The number of allylic oxidation sites excluding steroid dienone is 2. The van der Waals surface area contributed by atoms with Gasteiger partial charge in [-0.2, -0.15) is 4.98 Å². The van der Waals surface area contributed by atoms with Gasteiger partial charge in [-0.25, -0.2) is 19.4 Å². The van der Waals surface area contributed by atoms with Gasteiger partial charge in [-0.1, -0.05) is 6.08 Å². The molecule has 1 amide bonds. The molecule has 0 aliphatic carbocycles. The topological polar surface area (TPSA) is 104 Å². The van der Waals surface area contributed by atoms with Gasteiger partial charge in [-0.05, 0) is 78.4 Å². The summed E-state index contributed by atoms with van der Waals surface area (Å²) in [4.78, 5) is 39.0. The highest BCUT2D eigenvalue weighted by Gasteiger charge is 2.23. The van der Waals surface area contributed by atoms with E-state index in [1.165, 1.54) is 22.5 Å². The van der Waals surface area contributed by atoms with Gasteiger partial charge in [0.2, 0.25) is 12.4 Å². The van der Waals surface area contributed by atoms with Crippen LogP contribution >= 0.6 is 0 Å². The van der Waals surface area contributed by atoms with E-state index in [1.807, 2.05) is 46.8 Å². The molecule has 3 aromatic rings. The zero-order chi connectivity index (χ0) is 28.3. The van der Waals surface area contributed by atoms with Crippen LogP contribution in [0.25, 0.3) is 11.0 Å². The molecule has 1 fully saturated rings. The lowest BCUT2D eigenvalue weighted by Gasteiger charge is -2.35. The Kier molecular flexibility index (Phi) is 8.19. The van der Waals surface area contributed by atoms with Gasteiger partial charge < -0.3 is 15.1 Å². The van der Waals surface area contributed by atoms with E-state index in [0.717, 1.165) is 31.9 Å². The van der Waals surface area contributed by atoms with Crippen LogP contribution in [-0.4, -0.2) is 80.3 Å². The molecule has 0 spiro atoms. The Morgan fingerprint density at radius 2 is 1.92 bits per heavy atom. The highest BCUT2D eigenvalue weighted by atomic mass is 16.1. The summed E-state index contributed by atoms with van der Waals surface area (Å²) in [6.45, 7) is 16.0. The number of anilines is 3. The monoisotopic (exact) mass is 533 g/mol. The van der Waals surface area contributed by atoms with Gasteiger partial charge in [0, 0.05) is 50.3 Å². The number of piperazine rings is 1. The number of nitrogens with one attached hydrogen (secondary N) is 1. The van der Waals surface area contributed by atoms with Crippen LogP contribution in [0.3, 0.4) is 0 Å². The van der Waals surface area contributed by atoms with E-state index < -0.39 is 5.54 Å². The number of rotatable bonds is 7. The first-order chi connectivity index (χ1) is 18.6. The summed E-state index contributed by atoms with van der Waals surface area (Å²) in [7, 11) is 2.15. The highest BCUT2D eigenvalue weighted by Crippen LogP contribution is 2.26. The first-order valence-corrected chi connectivity index (χ1v) is 13.3. The van der Waals surface area contributed by atoms with Crippen molar-refractivity contribution in [3.05, 3.63) is 52.5 Å². The SMILES string of the molecule is C/C=C\C(=N/N(C=O)C(C)(C)C)n1c2nc(Nc3ccc(N4CCN(C)CC4)c(C)c3)ncc2c(=O)n1CC. The van der Waals surface area contributed by atoms with Crippen molar-refractivity contribution in [2.75, 3.05) is 43.4 Å². The number of nitrogens with zero attached hydrogens (tertiary/aromatic N) is 8. The van der Waals surface area contributed by atoms with Crippen LogP contribution < -0.4 is 15.8 Å². The minimum atomic E-state index is -0.551. The highest BCUT2D eigenvalue weighted by molar-refractivity contribution is 5.99. The molecule has 0 unspecified atom stereocenters. The molecule has 3 heterocycles. The number of hydrogen-bond acceptors (Lipinski definition) is 8. The van der Waals surface area contributed by atoms with Crippen LogP contribution in [0.2, 0.25) is 0 Å². The van der Waals surface area contributed by atoms with Crippen LogP contribution in [0.1, 0.15) is 40.2 Å². The second-order valence-electron chi connectivity index (χ2n) is 10.8. The summed E-state index contributed by atoms with van der Waals surface area (Å²) in [5.41, 5.74) is 2.88. The summed E-state index contributed by atoms with van der Waals surface area (Å²) in [6.07, 6.45) is 5.78. The fourth-order valence-electron chi connectivity index (χ4n) is 4.61. The Hall–Kier alpha value is -3.99. The summed E-state index contributed by atoms with van der Waals surface area (Å²) in [6, 6.07) is 6.24. The van der Waals surface area contributed by atoms with Crippen molar-refractivity contribution >= 4 is 40.6 Å². The Morgan fingerprint density at radius 3 is 2.51 bits per heavy atom. The van der Waals surface area contributed by atoms with Crippen LogP contribution in [0.15, 0.2) is 46.4 Å². The molecule has 0 atom stereocenters. The molecule has 1 saturated heterocycles. The summed E-state index contributed by atoms with van der Waals surface area (Å²) in [5.74, 6) is 0.754.